The van der Waals surface area contributed by atoms with Crippen LogP contribution in [0.3, 0.4) is 0 Å². The predicted octanol–water partition coefficient (Wildman–Crippen LogP) is 1.69. The molecule has 0 aliphatic carbocycles. The first-order chi connectivity index (χ1) is 19.5. The summed E-state index contributed by atoms with van der Waals surface area (Å²) < 4.78 is 50.8. The molecule has 0 saturated carbocycles. The van der Waals surface area contributed by atoms with E-state index in [0.29, 0.717) is 32.4 Å². The van der Waals surface area contributed by atoms with E-state index in [-0.39, 0.29) is 34.5 Å². The van der Waals surface area contributed by atoms with Crippen molar-refractivity contribution in [1.82, 2.24) is 24.4 Å². The molecule has 3 aromatic rings. The summed E-state index contributed by atoms with van der Waals surface area (Å²) in [5.41, 5.74) is 5.64. The van der Waals surface area contributed by atoms with Crippen LogP contribution in [0, 0.1) is 17.8 Å². The molecule has 5 N–H and O–H groups in total. The zero-order valence-electron chi connectivity index (χ0n) is 21.5. The lowest BCUT2D eigenvalue weighted by molar-refractivity contribution is -0.137. The Labute approximate surface area is 231 Å². The second kappa shape index (κ2) is 11.5. The van der Waals surface area contributed by atoms with Gasteiger partial charge in [-0.15, -0.1) is 0 Å². The zero-order valence-corrected chi connectivity index (χ0v) is 21.5. The number of halogens is 3. The van der Waals surface area contributed by atoms with Crippen molar-refractivity contribution in [2.45, 2.75) is 50.0 Å². The number of aliphatic hydroxyl groups excluding tert-OH is 3. The van der Waals surface area contributed by atoms with Crippen LogP contribution in [0.4, 0.5) is 23.8 Å². The molecule has 1 amide bonds. The summed E-state index contributed by atoms with van der Waals surface area (Å²) >= 11 is 0. The molecule has 2 aliphatic rings. The van der Waals surface area contributed by atoms with Crippen LogP contribution in [-0.2, 0) is 10.9 Å². The Bertz CT molecular complexity index is 1480. The number of hydrogen-bond acceptors (Lipinski definition) is 10. The minimum atomic E-state index is -4.54. The Hall–Kier alpha value is -3.97. The molecule has 41 heavy (non-hydrogen) atoms. The van der Waals surface area contributed by atoms with E-state index in [1.165, 1.54) is 27.9 Å². The van der Waals surface area contributed by atoms with Crippen molar-refractivity contribution in [2.24, 2.45) is 5.92 Å². The SMILES string of the molecule is Nc1nc(C#CCC2CCN(C(=O)Oc3cccc(C(F)(F)F)c3)CC2)nc2c1ncn2[C@@H]1O[C@H](CO)[C@H](O)C1O. The van der Waals surface area contributed by atoms with Gasteiger partial charge >= 0.3 is 12.3 Å². The zero-order chi connectivity index (χ0) is 29.3. The summed E-state index contributed by atoms with van der Waals surface area (Å²) in [5.74, 6) is 6.07. The standard InChI is InChI=1S/C26H27F3N6O6/c27-26(28,29)15-4-2-5-16(11-15)40-25(39)34-9-7-14(8-10-34)3-1-6-18-32-22(30)19-23(33-18)35(13-31-19)24-21(38)20(37)17(12-36)41-24/h2,4-5,11,13-14,17,20-21,24,36-38H,3,7-10,12H2,(H2,30,32,33)/t17-,20+,21?,24-/m1/s1. The number of nitrogen functional groups attached to an aromatic ring is 1. The summed E-state index contributed by atoms with van der Waals surface area (Å²) in [5, 5.41) is 29.8. The third kappa shape index (κ3) is 6.05. The fraction of sp³-hybridized carbons (Fsp3) is 0.462. The van der Waals surface area contributed by atoms with Gasteiger partial charge < -0.3 is 35.4 Å². The number of amides is 1. The number of imidazole rings is 1. The van der Waals surface area contributed by atoms with Crippen molar-refractivity contribution in [2.75, 3.05) is 25.4 Å². The Balaban J connectivity index is 1.19. The smallest absolute Gasteiger partial charge is 0.410 e. The van der Waals surface area contributed by atoms with Gasteiger partial charge in [0.05, 0.1) is 18.5 Å². The van der Waals surface area contributed by atoms with Crippen molar-refractivity contribution in [3.8, 4) is 17.6 Å². The third-order valence-corrected chi connectivity index (χ3v) is 7.07. The van der Waals surface area contributed by atoms with Crippen molar-refractivity contribution in [3.05, 3.63) is 42.0 Å². The van der Waals surface area contributed by atoms with Gasteiger partial charge in [0.25, 0.3) is 0 Å². The number of aromatic nitrogens is 4. The number of carbonyl (C=O) groups is 1. The number of anilines is 1. The molecule has 15 heteroatoms. The summed E-state index contributed by atoms with van der Waals surface area (Å²) in [4.78, 5) is 26.6. The van der Waals surface area contributed by atoms with Gasteiger partial charge in [-0.25, -0.2) is 19.7 Å². The average Bonchev–Trinajstić information content (AvgIpc) is 3.49. The number of nitrogens with two attached hydrogens (primary N) is 1. The minimum absolute atomic E-state index is 0.0670. The van der Waals surface area contributed by atoms with Crippen molar-refractivity contribution >= 4 is 23.1 Å². The monoisotopic (exact) mass is 576 g/mol. The van der Waals surface area contributed by atoms with E-state index < -0.39 is 49.0 Å². The molecule has 2 fully saturated rings. The molecule has 0 spiro atoms. The number of carbonyl (C=O) groups excluding carboxylic acids is 1. The number of rotatable bonds is 4. The van der Waals surface area contributed by atoms with E-state index in [0.717, 1.165) is 12.1 Å². The summed E-state index contributed by atoms with van der Waals surface area (Å²) in [7, 11) is 0. The first-order valence-corrected chi connectivity index (χ1v) is 12.8. The molecule has 2 aliphatic heterocycles. The van der Waals surface area contributed by atoms with Gasteiger partial charge in [0.15, 0.2) is 17.7 Å². The lowest BCUT2D eigenvalue weighted by Crippen LogP contribution is -2.40. The normalized spacial score (nSPS) is 23.4. The van der Waals surface area contributed by atoms with E-state index in [2.05, 4.69) is 26.8 Å². The molecular weight excluding hydrogens is 549 g/mol. The van der Waals surface area contributed by atoms with E-state index in [1.54, 1.807) is 0 Å². The van der Waals surface area contributed by atoms with Gasteiger partial charge in [-0.1, -0.05) is 12.0 Å². The van der Waals surface area contributed by atoms with Crippen LogP contribution in [0.5, 0.6) is 5.75 Å². The summed E-state index contributed by atoms with van der Waals surface area (Å²) in [6, 6.07) is 4.18. The molecule has 2 aromatic heterocycles. The van der Waals surface area contributed by atoms with Gasteiger partial charge in [0.2, 0.25) is 5.82 Å². The molecule has 1 aromatic carbocycles. The predicted molar refractivity (Wildman–Crippen MR) is 136 cm³/mol. The van der Waals surface area contributed by atoms with E-state index in [9.17, 15) is 33.3 Å². The summed E-state index contributed by atoms with van der Waals surface area (Å²) in [6.45, 7) is 0.247. The molecule has 0 bridgehead atoms. The number of benzene rings is 1. The van der Waals surface area contributed by atoms with Gasteiger partial charge in [-0.05, 0) is 42.9 Å². The van der Waals surface area contributed by atoms with E-state index in [1.807, 2.05) is 0 Å². The maximum atomic E-state index is 12.9. The van der Waals surface area contributed by atoms with Gasteiger partial charge in [-0.3, -0.25) is 4.57 Å². The van der Waals surface area contributed by atoms with Gasteiger partial charge in [0, 0.05) is 19.5 Å². The van der Waals surface area contributed by atoms with Crippen LogP contribution in [0.15, 0.2) is 30.6 Å². The Morgan fingerprint density at radius 3 is 2.63 bits per heavy atom. The molecular formula is C26H27F3N6O6. The van der Waals surface area contributed by atoms with Crippen molar-refractivity contribution in [3.63, 3.8) is 0 Å². The number of alkyl halides is 3. The molecule has 1 unspecified atom stereocenters. The highest BCUT2D eigenvalue weighted by Crippen LogP contribution is 2.33. The number of piperidine rings is 1. The highest BCUT2D eigenvalue weighted by Gasteiger charge is 2.44. The van der Waals surface area contributed by atoms with E-state index >= 15 is 0 Å². The Kier molecular flexibility index (Phi) is 8.00. The second-order valence-corrected chi connectivity index (χ2v) is 9.82. The number of hydrogen-bond donors (Lipinski definition) is 4. The Morgan fingerprint density at radius 1 is 1.20 bits per heavy atom. The first kappa shape index (κ1) is 28.6. The van der Waals surface area contributed by atoms with Gasteiger partial charge in [0.1, 0.15) is 29.6 Å². The van der Waals surface area contributed by atoms with Crippen LogP contribution in [0.1, 0.15) is 36.9 Å². The molecule has 4 atom stereocenters. The van der Waals surface area contributed by atoms with Crippen molar-refractivity contribution in [1.29, 1.82) is 0 Å². The number of likely N-dealkylation sites (tertiary alicyclic amines) is 1. The lowest BCUT2D eigenvalue weighted by atomic mass is 9.94. The fourth-order valence-electron chi connectivity index (χ4n) is 4.79. The van der Waals surface area contributed by atoms with E-state index in [4.69, 9.17) is 15.2 Å². The average molecular weight is 577 g/mol. The number of aliphatic hydroxyl groups is 3. The number of fused-ring (bicyclic) bond motifs is 1. The highest BCUT2D eigenvalue weighted by molar-refractivity contribution is 5.82. The quantitative estimate of drug-likeness (QED) is 0.335. The van der Waals surface area contributed by atoms with Crippen molar-refractivity contribution < 1.29 is 42.8 Å². The van der Waals surface area contributed by atoms with Crippen LogP contribution >= 0.6 is 0 Å². The number of ether oxygens (including phenoxy) is 2. The molecule has 218 valence electrons. The third-order valence-electron chi connectivity index (χ3n) is 7.07. The van der Waals surface area contributed by atoms with Crippen LogP contribution < -0.4 is 10.5 Å². The largest absolute Gasteiger partial charge is 0.416 e. The number of nitrogens with zero attached hydrogens (tertiary/aromatic N) is 5. The highest BCUT2D eigenvalue weighted by atomic mass is 19.4. The minimum Gasteiger partial charge on any atom is -0.410 e. The molecule has 0 radical (unpaired) electrons. The molecule has 12 nitrogen and oxygen atoms in total. The topological polar surface area (TPSA) is 169 Å². The molecule has 5 rings (SSSR count). The molecule has 2 saturated heterocycles. The maximum absolute atomic E-state index is 12.9. The van der Waals surface area contributed by atoms with Crippen LogP contribution in [-0.4, -0.2) is 83.8 Å². The second-order valence-electron chi connectivity index (χ2n) is 9.82. The lowest BCUT2D eigenvalue weighted by Gasteiger charge is -2.30. The van der Waals surface area contributed by atoms with Crippen LogP contribution in [0.2, 0.25) is 0 Å². The van der Waals surface area contributed by atoms with Gasteiger partial charge in [-0.2, -0.15) is 13.2 Å². The maximum Gasteiger partial charge on any atom is 0.416 e. The first-order valence-electron chi connectivity index (χ1n) is 12.8. The molecule has 4 heterocycles. The Morgan fingerprint density at radius 2 is 1.95 bits per heavy atom. The summed E-state index contributed by atoms with van der Waals surface area (Å²) in [6.07, 6.45) is -6.84. The van der Waals surface area contributed by atoms with Crippen LogP contribution in [0.25, 0.3) is 11.2 Å². The fourth-order valence-corrected chi connectivity index (χ4v) is 4.79.